The summed E-state index contributed by atoms with van der Waals surface area (Å²) in [6.45, 7) is 6.54. The van der Waals surface area contributed by atoms with Crippen molar-refractivity contribution in [1.82, 2.24) is 10.2 Å². The summed E-state index contributed by atoms with van der Waals surface area (Å²) >= 11 is 0. The number of hydrogen-bond donors (Lipinski definition) is 2. The predicted molar refractivity (Wildman–Crippen MR) is 134 cm³/mol. The third-order valence-corrected chi connectivity index (χ3v) is 5.52. The maximum absolute atomic E-state index is 12.0. The summed E-state index contributed by atoms with van der Waals surface area (Å²) in [6.07, 6.45) is 22.0. The number of aliphatic carboxylic acids is 1. The van der Waals surface area contributed by atoms with Gasteiger partial charge in [-0.2, -0.15) is 0 Å². The van der Waals surface area contributed by atoms with Crippen molar-refractivity contribution in [2.24, 2.45) is 0 Å². The molecule has 1 atom stereocenters. The summed E-state index contributed by atoms with van der Waals surface area (Å²) in [5.41, 5.74) is 0. The Hall–Kier alpha value is -1.10. The van der Waals surface area contributed by atoms with Crippen LogP contribution in [-0.2, 0) is 9.59 Å². The molecule has 0 aliphatic rings. The van der Waals surface area contributed by atoms with Crippen LogP contribution in [-0.4, -0.2) is 48.6 Å². The van der Waals surface area contributed by atoms with Crippen LogP contribution in [0.25, 0.3) is 0 Å². The molecule has 0 heterocycles. The first-order chi connectivity index (χ1) is 14.8. The van der Waals surface area contributed by atoms with E-state index >= 15 is 0 Å². The molecule has 0 saturated heterocycles. The second-order valence-corrected chi connectivity index (χ2v) is 9.13. The molecule has 0 aromatic rings. The summed E-state index contributed by atoms with van der Waals surface area (Å²) in [7, 11) is 4.11. The summed E-state index contributed by atoms with van der Waals surface area (Å²) in [6, 6.07) is 0.379. The Morgan fingerprint density at radius 3 is 1.58 bits per heavy atom. The Kier molecular flexibility index (Phi) is 26.0. The lowest BCUT2D eigenvalue weighted by Gasteiger charge is -2.17. The van der Waals surface area contributed by atoms with E-state index < -0.39 is 5.97 Å². The zero-order chi connectivity index (χ0) is 23.7. The van der Waals surface area contributed by atoms with Crippen molar-refractivity contribution in [3.05, 3.63) is 0 Å². The van der Waals surface area contributed by atoms with Gasteiger partial charge in [-0.05, 0) is 39.9 Å². The van der Waals surface area contributed by atoms with Gasteiger partial charge in [-0.25, -0.2) is 0 Å². The Labute approximate surface area is 193 Å². The van der Waals surface area contributed by atoms with E-state index in [2.05, 4.69) is 38.2 Å². The fraction of sp³-hybridized carbons (Fsp3) is 0.923. The van der Waals surface area contributed by atoms with Gasteiger partial charge in [0.25, 0.3) is 5.97 Å². The van der Waals surface area contributed by atoms with Gasteiger partial charge in [0, 0.05) is 19.4 Å². The van der Waals surface area contributed by atoms with Crippen LogP contribution in [0, 0.1) is 0 Å². The number of carbonyl (C=O) groups is 2. The van der Waals surface area contributed by atoms with Crippen LogP contribution in [0.5, 0.6) is 0 Å². The molecule has 0 bridgehead atoms. The Morgan fingerprint density at radius 1 is 0.774 bits per heavy atom. The summed E-state index contributed by atoms with van der Waals surface area (Å²) in [5, 5.41) is 10.6. The van der Waals surface area contributed by atoms with Crippen molar-refractivity contribution in [2.45, 2.75) is 136 Å². The second kappa shape index (κ2) is 25.2. The highest BCUT2D eigenvalue weighted by molar-refractivity contribution is 5.76. The summed E-state index contributed by atoms with van der Waals surface area (Å²) in [5.74, 6) is -0.599. The van der Waals surface area contributed by atoms with Gasteiger partial charge in [-0.3, -0.25) is 9.59 Å². The van der Waals surface area contributed by atoms with E-state index in [0.717, 1.165) is 32.7 Å². The first-order valence-electron chi connectivity index (χ1n) is 13.0. The minimum Gasteiger partial charge on any atom is -0.481 e. The molecule has 0 fully saturated rings. The number of nitrogens with one attached hydrogen (secondary N) is 1. The normalized spacial score (nSPS) is 11.7. The Morgan fingerprint density at radius 2 is 1.19 bits per heavy atom. The van der Waals surface area contributed by atoms with E-state index in [1.165, 1.54) is 83.5 Å². The number of rotatable bonds is 20. The number of carboxylic acid groups (broad SMARTS) is 1. The molecule has 31 heavy (non-hydrogen) atoms. The highest BCUT2D eigenvalue weighted by atomic mass is 16.4. The van der Waals surface area contributed by atoms with Crippen LogP contribution in [0.3, 0.4) is 0 Å². The lowest BCUT2D eigenvalue weighted by Crippen LogP contribution is -2.34. The Balaban J connectivity index is 0. The van der Waals surface area contributed by atoms with Crippen LogP contribution in [0.4, 0.5) is 0 Å². The van der Waals surface area contributed by atoms with E-state index in [1.807, 2.05) is 0 Å². The molecule has 1 amide bonds. The first kappa shape index (κ1) is 32.1. The molecule has 0 rings (SSSR count). The third kappa shape index (κ3) is 31.2. The molecule has 186 valence electrons. The largest absolute Gasteiger partial charge is 0.481 e. The standard InChI is InChI=1S/C24H50N2O.C2H4O2/c1-5-7-8-9-10-11-12-13-14-15-16-17-18-20-23(6-2)25-24(27)21-19-22-26(3)4;1-2(3)4/h23H,5-22H2,1-4H3,(H,25,27);1H3,(H,3,4). The number of amides is 1. The maximum atomic E-state index is 12.0. The molecule has 0 aromatic carbocycles. The molecule has 1 unspecified atom stereocenters. The topological polar surface area (TPSA) is 69.6 Å². The molecule has 5 heteroatoms. The molecule has 0 aliphatic heterocycles. The Bertz CT molecular complexity index is 396. The van der Waals surface area contributed by atoms with Crippen molar-refractivity contribution in [3.63, 3.8) is 0 Å². The van der Waals surface area contributed by atoms with Gasteiger partial charge >= 0.3 is 0 Å². The minimum atomic E-state index is -0.833. The second-order valence-electron chi connectivity index (χ2n) is 9.13. The fourth-order valence-corrected chi connectivity index (χ4v) is 3.64. The van der Waals surface area contributed by atoms with Crippen molar-refractivity contribution in [3.8, 4) is 0 Å². The number of carboxylic acids is 1. The van der Waals surface area contributed by atoms with Crippen LogP contribution in [0.2, 0.25) is 0 Å². The number of hydrogen-bond acceptors (Lipinski definition) is 3. The monoisotopic (exact) mass is 442 g/mol. The van der Waals surface area contributed by atoms with E-state index in [-0.39, 0.29) is 5.91 Å². The zero-order valence-corrected chi connectivity index (χ0v) is 21.5. The SMILES string of the molecule is CC(=O)O.CCCCCCCCCCCCCCCC(CC)NC(=O)CCCN(C)C. The van der Waals surface area contributed by atoms with Gasteiger partial charge in [0.2, 0.25) is 5.91 Å². The van der Waals surface area contributed by atoms with Gasteiger partial charge < -0.3 is 15.3 Å². The third-order valence-electron chi connectivity index (χ3n) is 5.52. The van der Waals surface area contributed by atoms with Crippen molar-refractivity contribution < 1.29 is 14.7 Å². The summed E-state index contributed by atoms with van der Waals surface area (Å²) < 4.78 is 0. The minimum absolute atomic E-state index is 0.235. The molecule has 0 aliphatic carbocycles. The summed E-state index contributed by atoms with van der Waals surface area (Å²) in [4.78, 5) is 23.1. The lowest BCUT2D eigenvalue weighted by atomic mass is 10.0. The molecule has 0 saturated carbocycles. The van der Waals surface area contributed by atoms with Crippen molar-refractivity contribution >= 4 is 11.9 Å². The van der Waals surface area contributed by atoms with Crippen LogP contribution >= 0.6 is 0 Å². The quantitative estimate of drug-likeness (QED) is 0.204. The predicted octanol–water partition coefficient (Wildman–Crippen LogP) is 6.80. The molecule has 5 nitrogen and oxygen atoms in total. The average molecular weight is 443 g/mol. The molecule has 0 radical (unpaired) electrons. The van der Waals surface area contributed by atoms with Gasteiger partial charge in [0.05, 0.1) is 0 Å². The van der Waals surface area contributed by atoms with Gasteiger partial charge in [0.1, 0.15) is 0 Å². The van der Waals surface area contributed by atoms with E-state index in [0.29, 0.717) is 12.5 Å². The number of unbranched alkanes of at least 4 members (excludes halogenated alkanes) is 12. The smallest absolute Gasteiger partial charge is 0.300 e. The van der Waals surface area contributed by atoms with E-state index in [9.17, 15) is 4.79 Å². The lowest BCUT2D eigenvalue weighted by molar-refractivity contribution is -0.134. The first-order valence-corrected chi connectivity index (χ1v) is 13.0. The van der Waals surface area contributed by atoms with Gasteiger partial charge in [-0.15, -0.1) is 0 Å². The highest BCUT2D eigenvalue weighted by Crippen LogP contribution is 2.14. The van der Waals surface area contributed by atoms with Crippen LogP contribution in [0.1, 0.15) is 130 Å². The number of carbonyl (C=O) groups excluding carboxylic acids is 1. The molecule has 2 N–H and O–H groups in total. The van der Waals surface area contributed by atoms with Gasteiger partial charge in [0.15, 0.2) is 0 Å². The maximum Gasteiger partial charge on any atom is 0.300 e. The van der Waals surface area contributed by atoms with Crippen LogP contribution in [0.15, 0.2) is 0 Å². The average Bonchev–Trinajstić information content (AvgIpc) is 2.69. The zero-order valence-electron chi connectivity index (χ0n) is 21.5. The molecule has 0 spiro atoms. The van der Waals surface area contributed by atoms with Crippen molar-refractivity contribution in [1.29, 1.82) is 0 Å². The molecular formula is C26H54N2O3. The molecular weight excluding hydrogens is 388 g/mol. The van der Waals surface area contributed by atoms with Crippen molar-refractivity contribution in [2.75, 3.05) is 20.6 Å². The van der Waals surface area contributed by atoms with E-state index in [1.54, 1.807) is 0 Å². The van der Waals surface area contributed by atoms with E-state index in [4.69, 9.17) is 9.90 Å². The molecule has 0 aromatic heterocycles. The van der Waals surface area contributed by atoms with Gasteiger partial charge in [-0.1, -0.05) is 97.3 Å². The highest BCUT2D eigenvalue weighted by Gasteiger charge is 2.10. The number of nitrogens with zero attached hydrogens (tertiary/aromatic N) is 1. The fourth-order valence-electron chi connectivity index (χ4n) is 3.64. The van der Waals surface area contributed by atoms with Crippen LogP contribution < -0.4 is 5.32 Å².